The molecule has 0 bridgehead atoms. The van der Waals surface area contributed by atoms with Gasteiger partial charge in [-0.2, -0.15) is 0 Å². The van der Waals surface area contributed by atoms with Crippen LogP contribution < -0.4 is 14.8 Å². The van der Waals surface area contributed by atoms with Gasteiger partial charge in [0.15, 0.2) is 0 Å². The Hall–Kier alpha value is -4.42. The van der Waals surface area contributed by atoms with Gasteiger partial charge in [0.25, 0.3) is 5.69 Å². The van der Waals surface area contributed by atoms with Crippen molar-refractivity contribution in [2.45, 2.75) is 45.1 Å². The first-order chi connectivity index (χ1) is 19.9. The van der Waals surface area contributed by atoms with E-state index in [1.165, 1.54) is 30.0 Å². The van der Waals surface area contributed by atoms with Gasteiger partial charge in [0, 0.05) is 36.6 Å². The fourth-order valence-corrected chi connectivity index (χ4v) is 5.17. The number of rotatable bonds is 15. The molecule has 12 heteroatoms. The van der Waals surface area contributed by atoms with Crippen molar-refractivity contribution < 1.29 is 39.3 Å². The van der Waals surface area contributed by atoms with Crippen molar-refractivity contribution in [2.75, 3.05) is 33.4 Å². The van der Waals surface area contributed by atoms with Crippen LogP contribution in [0.5, 0.6) is 11.5 Å². The van der Waals surface area contributed by atoms with Gasteiger partial charge in [-0.3, -0.25) is 10.1 Å². The summed E-state index contributed by atoms with van der Waals surface area (Å²) in [5, 5.41) is 45.2. The minimum absolute atomic E-state index is 0.0378. The first-order valence-electron chi connectivity index (χ1n) is 13.5. The van der Waals surface area contributed by atoms with Gasteiger partial charge in [0.1, 0.15) is 24.2 Å². The summed E-state index contributed by atoms with van der Waals surface area (Å²) in [5.41, 5.74) is -1.36. The molecule has 0 saturated heterocycles. The third kappa shape index (κ3) is 7.07. The smallest absolute Gasteiger partial charge is 0.334 e. The van der Waals surface area contributed by atoms with Crippen molar-refractivity contribution in [3.05, 3.63) is 86.7 Å². The summed E-state index contributed by atoms with van der Waals surface area (Å²) in [7, 11) is 1.59. The minimum atomic E-state index is -1.66. The zero-order valence-corrected chi connectivity index (χ0v) is 24.1. The third-order valence-electron chi connectivity index (χ3n) is 7.44. The Balaban J connectivity index is 1.72. The second-order valence-electron chi connectivity index (χ2n) is 10.2. The molecule has 1 heterocycles. The Morgan fingerprint density at radius 1 is 1.02 bits per heavy atom. The number of aliphatic carboxylic acids is 2. The topological polar surface area (TPSA) is 172 Å². The molecule has 0 saturated carbocycles. The summed E-state index contributed by atoms with van der Waals surface area (Å²) in [6.07, 6.45) is 0.480. The number of unbranched alkanes of at least 4 members (excludes halogenated alkanes) is 1. The Morgan fingerprint density at radius 2 is 1.64 bits per heavy atom. The third-order valence-corrected chi connectivity index (χ3v) is 7.44. The number of carboxylic acid groups (broad SMARTS) is 2. The first kappa shape index (κ1) is 32.1. The number of para-hydroxylation sites is 1. The summed E-state index contributed by atoms with van der Waals surface area (Å²) in [4.78, 5) is 37.5. The van der Waals surface area contributed by atoms with Crippen molar-refractivity contribution in [1.29, 1.82) is 0 Å². The highest BCUT2D eigenvalue weighted by Gasteiger charge is 2.49. The number of carbonyl (C=O) groups is 2. The molecule has 4 N–H and O–H groups in total. The summed E-state index contributed by atoms with van der Waals surface area (Å²) in [6.45, 7) is 5.84. The van der Waals surface area contributed by atoms with Crippen LogP contribution in [0.3, 0.4) is 0 Å². The summed E-state index contributed by atoms with van der Waals surface area (Å²) >= 11 is 0. The van der Waals surface area contributed by atoms with E-state index >= 15 is 0 Å². The molecule has 0 spiro atoms. The lowest BCUT2D eigenvalue weighted by molar-refractivity contribution is -0.385. The molecule has 1 unspecified atom stereocenters. The van der Waals surface area contributed by atoms with E-state index in [0.29, 0.717) is 43.1 Å². The number of allylic oxidation sites excluding steroid dienone is 2. The molecule has 0 aromatic heterocycles. The van der Waals surface area contributed by atoms with Crippen molar-refractivity contribution in [2.24, 2.45) is 0 Å². The number of nitrogens with zero attached hydrogens (tertiary/aromatic N) is 2. The van der Waals surface area contributed by atoms with Crippen LogP contribution in [0.1, 0.15) is 39.2 Å². The lowest BCUT2D eigenvalue weighted by atomic mass is 9.66. The lowest BCUT2D eigenvalue weighted by Gasteiger charge is -2.42. The number of nitro groups is 1. The number of aliphatic hydroxyl groups excluding tert-OH is 1. The fraction of sp³-hybridized carbons (Fsp3) is 0.400. The molecule has 0 amide bonds. The first-order valence-corrected chi connectivity index (χ1v) is 13.5. The zero-order chi connectivity index (χ0) is 31.0. The summed E-state index contributed by atoms with van der Waals surface area (Å²) in [6, 6.07) is 13.0. The summed E-state index contributed by atoms with van der Waals surface area (Å²) < 4.78 is 11.5. The monoisotopic (exact) mass is 583 g/mol. The number of non-ortho nitro benzene ring substituents is 1. The molecule has 0 radical (unpaired) electrons. The maximum Gasteiger partial charge on any atom is 0.334 e. The number of hydrogen-bond donors (Lipinski definition) is 4. The SMILES string of the molecule is CC1=C(C(=O)O)C(C)(c2ccc([N+](=O)[O-])cc2OCCCCNCC(O)COc2ccccc2)C(C(=O)O)=C(C)N1C. The van der Waals surface area contributed by atoms with Crippen LogP contribution in [0.25, 0.3) is 0 Å². The Labute approximate surface area is 244 Å². The summed E-state index contributed by atoms with van der Waals surface area (Å²) in [5.74, 6) is -1.90. The second-order valence-corrected chi connectivity index (χ2v) is 10.2. The highest BCUT2D eigenvalue weighted by molar-refractivity contribution is 6.00. The molecule has 0 fully saturated rings. The Bertz CT molecular complexity index is 1330. The van der Waals surface area contributed by atoms with Crippen LogP contribution in [0.15, 0.2) is 71.1 Å². The average molecular weight is 584 g/mol. The van der Waals surface area contributed by atoms with Crippen molar-refractivity contribution in [1.82, 2.24) is 10.2 Å². The van der Waals surface area contributed by atoms with Gasteiger partial charge in [-0.1, -0.05) is 18.2 Å². The highest BCUT2D eigenvalue weighted by Crippen LogP contribution is 2.50. The van der Waals surface area contributed by atoms with Gasteiger partial charge in [-0.15, -0.1) is 0 Å². The average Bonchev–Trinajstić information content (AvgIpc) is 2.94. The van der Waals surface area contributed by atoms with E-state index in [0.717, 1.165) is 0 Å². The van der Waals surface area contributed by atoms with Crippen LogP contribution in [-0.4, -0.2) is 76.5 Å². The number of carboxylic acids is 2. The van der Waals surface area contributed by atoms with Crippen LogP contribution in [0.2, 0.25) is 0 Å². The van der Waals surface area contributed by atoms with Crippen LogP contribution >= 0.6 is 0 Å². The number of nitro benzene ring substituents is 1. The molecule has 3 rings (SSSR count). The molecule has 1 aliphatic rings. The standard InChI is InChI=1S/C30H37N3O9/c1-19-26(28(35)36)30(3,27(29(37)38)20(2)32(19)4)24-13-12-21(33(39)40)16-25(24)41-15-9-8-14-31-17-22(34)18-42-23-10-6-5-7-11-23/h5-7,10-13,16,22,31,34H,8-9,14-15,17-18H2,1-4H3,(H,35,36)(H,37,38). The van der Waals surface area contributed by atoms with E-state index in [4.69, 9.17) is 9.47 Å². The second kappa shape index (κ2) is 14.0. The molecule has 2 aromatic rings. The van der Waals surface area contributed by atoms with Gasteiger partial charge in [0.05, 0.1) is 34.2 Å². The number of nitrogens with one attached hydrogen (secondary N) is 1. The number of hydrogen-bond acceptors (Lipinski definition) is 9. The molecular weight excluding hydrogens is 546 g/mol. The van der Waals surface area contributed by atoms with Gasteiger partial charge in [-0.25, -0.2) is 9.59 Å². The largest absolute Gasteiger partial charge is 0.493 e. The normalized spacial score (nSPS) is 15.4. The fourth-order valence-electron chi connectivity index (χ4n) is 5.17. The molecule has 0 aliphatic carbocycles. The minimum Gasteiger partial charge on any atom is -0.493 e. The number of benzene rings is 2. The van der Waals surface area contributed by atoms with E-state index < -0.39 is 28.4 Å². The van der Waals surface area contributed by atoms with Crippen molar-refractivity contribution >= 4 is 17.6 Å². The number of aliphatic hydroxyl groups is 1. The predicted molar refractivity (Wildman–Crippen MR) is 154 cm³/mol. The molecule has 1 aliphatic heterocycles. The van der Waals surface area contributed by atoms with E-state index in [1.807, 2.05) is 18.2 Å². The Kier molecular flexibility index (Phi) is 10.7. The van der Waals surface area contributed by atoms with Crippen LogP contribution in [0.4, 0.5) is 5.69 Å². The van der Waals surface area contributed by atoms with Crippen molar-refractivity contribution in [3.8, 4) is 11.5 Å². The maximum absolute atomic E-state index is 12.5. The van der Waals surface area contributed by atoms with Gasteiger partial charge >= 0.3 is 11.9 Å². The van der Waals surface area contributed by atoms with E-state index in [-0.39, 0.29) is 41.4 Å². The lowest BCUT2D eigenvalue weighted by Crippen LogP contribution is -2.43. The molecule has 42 heavy (non-hydrogen) atoms. The van der Waals surface area contributed by atoms with Crippen LogP contribution in [-0.2, 0) is 15.0 Å². The van der Waals surface area contributed by atoms with Crippen molar-refractivity contribution in [3.63, 3.8) is 0 Å². The molecule has 12 nitrogen and oxygen atoms in total. The predicted octanol–water partition coefficient (Wildman–Crippen LogP) is 3.70. The highest BCUT2D eigenvalue weighted by atomic mass is 16.6. The van der Waals surface area contributed by atoms with Gasteiger partial charge < -0.3 is 35.0 Å². The quantitative estimate of drug-likeness (QED) is 0.137. The molecule has 226 valence electrons. The van der Waals surface area contributed by atoms with E-state index in [2.05, 4.69) is 5.32 Å². The molecular formula is C30H37N3O9. The van der Waals surface area contributed by atoms with Crippen LogP contribution in [0, 0.1) is 10.1 Å². The number of ether oxygens (including phenoxy) is 2. The maximum atomic E-state index is 12.5. The molecule has 1 atom stereocenters. The zero-order valence-electron chi connectivity index (χ0n) is 24.1. The molecule has 2 aromatic carbocycles. The van der Waals surface area contributed by atoms with E-state index in [1.54, 1.807) is 33.0 Å². The van der Waals surface area contributed by atoms with E-state index in [9.17, 15) is 35.0 Å². The van der Waals surface area contributed by atoms with Gasteiger partial charge in [-0.05, 0) is 58.4 Å². The Morgan fingerprint density at radius 3 is 2.21 bits per heavy atom. The van der Waals surface area contributed by atoms with Gasteiger partial charge in [0.2, 0.25) is 0 Å².